The minimum Gasteiger partial charge on any atom is -0.497 e. The summed E-state index contributed by atoms with van der Waals surface area (Å²) in [6.45, 7) is 6.57. The fourth-order valence-electron chi connectivity index (χ4n) is 3.43. The highest BCUT2D eigenvalue weighted by molar-refractivity contribution is 9.10. The molecule has 2 heterocycles. The molecule has 0 radical (unpaired) electrons. The zero-order chi connectivity index (χ0) is 16.9. The van der Waals surface area contributed by atoms with Crippen LogP contribution in [-0.2, 0) is 4.74 Å². The molecule has 2 saturated heterocycles. The maximum absolute atomic E-state index is 12.8. The van der Waals surface area contributed by atoms with E-state index < -0.39 is 0 Å². The number of morpholine rings is 1. The third-order valence-electron chi connectivity index (χ3n) is 4.93. The van der Waals surface area contributed by atoms with Gasteiger partial charge in [0.2, 0.25) is 0 Å². The standard InChI is InChI=1S/C18H25BrN2O3/c1-23-15-2-3-17(19)16(12-15)18(22)21-6-4-14(5-7-21)13-20-8-10-24-11-9-20/h2-3,12,14H,4-11,13H2,1H3. The fourth-order valence-corrected chi connectivity index (χ4v) is 3.85. The van der Waals surface area contributed by atoms with Gasteiger partial charge in [0, 0.05) is 37.2 Å². The Bertz CT molecular complexity index is 567. The van der Waals surface area contributed by atoms with Crippen LogP contribution in [0.5, 0.6) is 5.75 Å². The molecule has 5 nitrogen and oxygen atoms in total. The summed E-state index contributed by atoms with van der Waals surface area (Å²) in [6.07, 6.45) is 2.15. The molecule has 0 bridgehead atoms. The van der Waals surface area contributed by atoms with E-state index in [0.717, 1.165) is 63.3 Å². The molecule has 1 aromatic rings. The van der Waals surface area contributed by atoms with E-state index in [1.807, 2.05) is 23.1 Å². The van der Waals surface area contributed by atoms with E-state index >= 15 is 0 Å². The molecule has 2 fully saturated rings. The van der Waals surface area contributed by atoms with Gasteiger partial charge in [-0.2, -0.15) is 0 Å². The van der Waals surface area contributed by atoms with Crippen molar-refractivity contribution in [3.05, 3.63) is 28.2 Å². The quantitative estimate of drug-likeness (QED) is 0.784. The number of ether oxygens (including phenoxy) is 2. The Kier molecular flexibility index (Phi) is 6.14. The molecule has 2 aliphatic heterocycles. The molecule has 2 aliphatic rings. The average molecular weight is 397 g/mol. The van der Waals surface area contributed by atoms with Crippen LogP contribution < -0.4 is 4.74 Å². The van der Waals surface area contributed by atoms with Crippen LogP contribution in [-0.4, -0.2) is 68.8 Å². The zero-order valence-corrected chi connectivity index (χ0v) is 15.8. The van der Waals surface area contributed by atoms with E-state index in [4.69, 9.17) is 9.47 Å². The first-order valence-corrected chi connectivity index (χ1v) is 9.39. The van der Waals surface area contributed by atoms with Gasteiger partial charge >= 0.3 is 0 Å². The van der Waals surface area contributed by atoms with Crippen LogP contribution in [0.25, 0.3) is 0 Å². The van der Waals surface area contributed by atoms with Gasteiger partial charge in [-0.3, -0.25) is 9.69 Å². The van der Waals surface area contributed by atoms with Crippen LogP contribution in [0.4, 0.5) is 0 Å². The molecule has 132 valence electrons. The van der Waals surface area contributed by atoms with Crippen LogP contribution in [0.2, 0.25) is 0 Å². The number of halogens is 1. The number of likely N-dealkylation sites (tertiary alicyclic amines) is 1. The minimum absolute atomic E-state index is 0.0885. The van der Waals surface area contributed by atoms with Crippen molar-refractivity contribution in [1.82, 2.24) is 9.80 Å². The number of amides is 1. The van der Waals surface area contributed by atoms with Gasteiger partial charge in [0.15, 0.2) is 0 Å². The fraction of sp³-hybridized carbons (Fsp3) is 0.611. The van der Waals surface area contributed by atoms with Crippen LogP contribution in [0.15, 0.2) is 22.7 Å². The summed E-state index contributed by atoms with van der Waals surface area (Å²) in [7, 11) is 1.62. The summed E-state index contributed by atoms with van der Waals surface area (Å²) in [6, 6.07) is 5.54. The molecule has 1 amide bonds. The van der Waals surface area contributed by atoms with Crippen LogP contribution >= 0.6 is 15.9 Å². The molecule has 3 rings (SSSR count). The SMILES string of the molecule is COc1ccc(Br)c(C(=O)N2CCC(CN3CCOCC3)CC2)c1. The van der Waals surface area contributed by atoms with Crippen LogP contribution in [0, 0.1) is 5.92 Å². The first-order valence-electron chi connectivity index (χ1n) is 8.60. The van der Waals surface area contributed by atoms with Crippen molar-refractivity contribution in [2.45, 2.75) is 12.8 Å². The topological polar surface area (TPSA) is 42.0 Å². The molecule has 0 atom stereocenters. The first-order chi connectivity index (χ1) is 11.7. The third-order valence-corrected chi connectivity index (χ3v) is 5.62. The molecule has 0 saturated carbocycles. The van der Waals surface area contributed by atoms with Gasteiger partial charge in [0.25, 0.3) is 5.91 Å². The van der Waals surface area contributed by atoms with Crippen molar-refractivity contribution >= 4 is 21.8 Å². The third kappa shape index (κ3) is 4.29. The number of benzene rings is 1. The Morgan fingerprint density at radius 2 is 1.96 bits per heavy atom. The number of hydrogen-bond donors (Lipinski definition) is 0. The van der Waals surface area contributed by atoms with Crippen molar-refractivity contribution in [2.75, 3.05) is 53.0 Å². The Hall–Kier alpha value is -1.11. The second-order valence-electron chi connectivity index (χ2n) is 6.49. The molecule has 6 heteroatoms. The summed E-state index contributed by atoms with van der Waals surface area (Å²) in [5.74, 6) is 1.48. The normalized spacial score (nSPS) is 20.2. The Morgan fingerprint density at radius 3 is 2.62 bits per heavy atom. The predicted molar refractivity (Wildman–Crippen MR) is 96.6 cm³/mol. The minimum atomic E-state index is 0.0885. The lowest BCUT2D eigenvalue weighted by Crippen LogP contribution is -2.44. The van der Waals surface area contributed by atoms with E-state index in [9.17, 15) is 4.79 Å². The Labute approximate surface area is 152 Å². The number of carbonyl (C=O) groups excluding carboxylic acids is 1. The summed E-state index contributed by atoms with van der Waals surface area (Å²) >= 11 is 3.48. The number of piperidine rings is 1. The summed E-state index contributed by atoms with van der Waals surface area (Å²) in [4.78, 5) is 17.3. The maximum atomic E-state index is 12.8. The number of methoxy groups -OCH3 is 1. The number of hydrogen-bond acceptors (Lipinski definition) is 4. The van der Waals surface area contributed by atoms with E-state index in [-0.39, 0.29) is 5.91 Å². The smallest absolute Gasteiger partial charge is 0.255 e. The van der Waals surface area contributed by atoms with Gasteiger partial charge in [0.05, 0.1) is 25.9 Å². The second-order valence-corrected chi connectivity index (χ2v) is 7.35. The largest absolute Gasteiger partial charge is 0.497 e. The van der Waals surface area contributed by atoms with E-state index in [0.29, 0.717) is 17.2 Å². The Balaban J connectivity index is 1.55. The Morgan fingerprint density at radius 1 is 1.25 bits per heavy atom. The van der Waals surface area contributed by atoms with Crippen molar-refractivity contribution < 1.29 is 14.3 Å². The van der Waals surface area contributed by atoms with Crippen molar-refractivity contribution in [3.63, 3.8) is 0 Å². The summed E-state index contributed by atoms with van der Waals surface area (Å²) < 4.78 is 11.5. The molecule has 0 aliphatic carbocycles. The highest BCUT2D eigenvalue weighted by atomic mass is 79.9. The van der Waals surface area contributed by atoms with Crippen LogP contribution in [0.1, 0.15) is 23.2 Å². The summed E-state index contributed by atoms with van der Waals surface area (Å²) in [5, 5.41) is 0. The monoisotopic (exact) mass is 396 g/mol. The van der Waals surface area contributed by atoms with E-state index in [2.05, 4.69) is 20.8 Å². The van der Waals surface area contributed by atoms with E-state index in [1.54, 1.807) is 7.11 Å². The number of nitrogens with zero attached hydrogens (tertiary/aromatic N) is 2. The first kappa shape index (κ1) is 17.7. The molecule has 0 spiro atoms. The average Bonchev–Trinajstić information content (AvgIpc) is 2.63. The van der Waals surface area contributed by atoms with Gasteiger partial charge < -0.3 is 14.4 Å². The zero-order valence-electron chi connectivity index (χ0n) is 14.2. The molecule has 1 aromatic carbocycles. The van der Waals surface area contributed by atoms with Crippen molar-refractivity contribution in [1.29, 1.82) is 0 Å². The van der Waals surface area contributed by atoms with Gasteiger partial charge in [-0.1, -0.05) is 0 Å². The predicted octanol–water partition coefficient (Wildman–Crippen LogP) is 2.64. The lowest BCUT2D eigenvalue weighted by atomic mass is 9.95. The van der Waals surface area contributed by atoms with Crippen molar-refractivity contribution in [3.8, 4) is 5.75 Å². The van der Waals surface area contributed by atoms with Gasteiger partial charge in [-0.25, -0.2) is 0 Å². The molecule has 0 aromatic heterocycles. The molecule has 0 unspecified atom stereocenters. The molecule has 0 N–H and O–H groups in total. The highest BCUT2D eigenvalue weighted by Gasteiger charge is 2.26. The highest BCUT2D eigenvalue weighted by Crippen LogP contribution is 2.26. The number of carbonyl (C=O) groups is 1. The van der Waals surface area contributed by atoms with Gasteiger partial charge in [0.1, 0.15) is 5.75 Å². The van der Waals surface area contributed by atoms with Gasteiger partial charge in [-0.15, -0.1) is 0 Å². The number of rotatable bonds is 4. The second kappa shape index (κ2) is 8.32. The van der Waals surface area contributed by atoms with E-state index in [1.165, 1.54) is 0 Å². The van der Waals surface area contributed by atoms with Crippen molar-refractivity contribution in [2.24, 2.45) is 5.92 Å². The van der Waals surface area contributed by atoms with Crippen LogP contribution in [0.3, 0.4) is 0 Å². The van der Waals surface area contributed by atoms with Gasteiger partial charge in [-0.05, 0) is 52.9 Å². The lowest BCUT2D eigenvalue weighted by Gasteiger charge is -2.36. The molecule has 24 heavy (non-hydrogen) atoms. The maximum Gasteiger partial charge on any atom is 0.255 e. The molecular formula is C18H25BrN2O3. The molecular weight excluding hydrogens is 372 g/mol. The lowest BCUT2D eigenvalue weighted by molar-refractivity contribution is 0.0242. The summed E-state index contributed by atoms with van der Waals surface area (Å²) in [5.41, 5.74) is 0.681.